The van der Waals surface area contributed by atoms with Crippen LogP contribution in [0.2, 0.25) is 0 Å². The number of rotatable bonds is 12. The van der Waals surface area contributed by atoms with Gasteiger partial charge in [0.1, 0.15) is 22.8 Å². The van der Waals surface area contributed by atoms with E-state index in [9.17, 15) is 14.4 Å². The maximum absolute atomic E-state index is 16.2. The number of Topliss-reactive ketones (excluding diaryl/α,β-unsaturated/α-hetero) is 2. The molecule has 12 rings (SSSR count). The van der Waals surface area contributed by atoms with Gasteiger partial charge in [-0.3, -0.25) is 24.5 Å². The van der Waals surface area contributed by atoms with E-state index in [4.69, 9.17) is 23.7 Å². The number of esters is 2. The second kappa shape index (κ2) is 17.4. The van der Waals surface area contributed by atoms with Gasteiger partial charge in [0, 0.05) is 97.7 Å². The first kappa shape index (κ1) is 49.4. The van der Waals surface area contributed by atoms with Crippen molar-refractivity contribution in [3.63, 3.8) is 0 Å². The molecule has 2 spiro atoms. The molecular weight excluding hydrogens is 925 g/mol. The molecule has 14 nitrogen and oxygen atoms in total. The molecular formula is C59H70N4O10. The zero-order valence-corrected chi connectivity index (χ0v) is 44.1. The predicted octanol–water partition coefficient (Wildman–Crippen LogP) is 7.88. The molecule has 0 radical (unpaired) electrons. The van der Waals surface area contributed by atoms with Gasteiger partial charge in [-0.2, -0.15) is 0 Å². The summed E-state index contributed by atoms with van der Waals surface area (Å²) in [7, 11) is 3.37. The zero-order chi connectivity index (χ0) is 51.7. The molecule has 6 heterocycles. The van der Waals surface area contributed by atoms with Crippen LogP contribution >= 0.6 is 0 Å². The van der Waals surface area contributed by atoms with Gasteiger partial charge in [0.05, 0.1) is 41.9 Å². The Morgan fingerprint density at radius 2 is 1.62 bits per heavy atom. The summed E-state index contributed by atoms with van der Waals surface area (Å²) in [6, 6.07) is 7.70. The smallest absolute Gasteiger partial charge is 0.333 e. The first-order valence-corrected chi connectivity index (χ1v) is 26.4. The second-order valence-electron chi connectivity index (χ2n) is 23.2. The summed E-state index contributed by atoms with van der Waals surface area (Å²) < 4.78 is 35.0. The van der Waals surface area contributed by atoms with Gasteiger partial charge in [-0.1, -0.05) is 53.6 Å². The highest BCUT2D eigenvalue weighted by atomic mass is 16.6. The zero-order valence-electron chi connectivity index (χ0n) is 44.1. The molecule has 6 aliphatic heterocycles. The standard InChI is InChI=1S/C59H70N4O10/c1-33(2)14-13-23-56(8)24-22-39-49(71-56)38(18-17-34(3)4)51-46(50(39)70-43(65)20-19-42(64)62-30-28-61(9)29-31-62)59-52-44(45-47(63(59)27-26-60-59)36-15-11-12-16-37(36)48(45)66)40-32-41-55(6,7)73-57(53(40)67,58(41,52)72-51)25-21-35(5)54(68)69-10/h11-12,14-17,21-22,24,40-41,44,52,60H,13,18-20,23,25-32H2,1-10H3/b35-21-. The molecule has 4 aliphatic carbocycles. The monoisotopic (exact) mass is 995 g/mol. The predicted molar refractivity (Wildman–Crippen MR) is 275 cm³/mol. The van der Waals surface area contributed by atoms with E-state index in [1.165, 1.54) is 12.7 Å². The Balaban J connectivity index is 1.20. The number of nitrogens with one attached hydrogen (secondary N) is 1. The minimum absolute atomic E-state index is 0.0109. The number of hydrogen-bond acceptors (Lipinski definition) is 13. The molecule has 386 valence electrons. The number of methoxy groups -OCH3 is 1. The number of benzene rings is 2. The maximum Gasteiger partial charge on any atom is 0.333 e. The number of fused-ring (bicyclic) bond motifs is 5. The van der Waals surface area contributed by atoms with Crippen LogP contribution in [-0.2, 0) is 40.7 Å². The number of carbonyl (C=O) groups excluding carboxylic acids is 5. The Hall–Kier alpha value is -5.83. The second-order valence-corrected chi connectivity index (χ2v) is 23.2. The summed E-state index contributed by atoms with van der Waals surface area (Å²) in [5, 5.41) is 4.08. The average Bonchev–Trinajstić information content (AvgIpc) is 3.96. The van der Waals surface area contributed by atoms with Crippen LogP contribution in [0.1, 0.15) is 127 Å². The number of piperazine rings is 1. The third kappa shape index (κ3) is 7.08. The Bertz CT molecular complexity index is 2930. The minimum atomic E-state index is -1.64. The van der Waals surface area contributed by atoms with Crippen molar-refractivity contribution < 1.29 is 47.7 Å². The summed E-state index contributed by atoms with van der Waals surface area (Å²) >= 11 is 0. The van der Waals surface area contributed by atoms with E-state index < -0.39 is 57.8 Å². The van der Waals surface area contributed by atoms with Crippen molar-refractivity contribution >= 4 is 41.2 Å². The van der Waals surface area contributed by atoms with Crippen molar-refractivity contribution in [1.82, 2.24) is 20.0 Å². The van der Waals surface area contributed by atoms with Crippen LogP contribution in [0.5, 0.6) is 17.2 Å². The molecule has 6 fully saturated rings. The van der Waals surface area contributed by atoms with Gasteiger partial charge in [-0.05, 0) is 100 Å². The first-order valence-electron chi connectivity index (χ1n) is 26.4. The molecule has 2 aromatic rings. The summed E-state index contributed by atoms with van der Waals surface area (Å²) in [5.74, 6) is -2.61. The molecule has 3 saturated heterocycles. The topological polar surface area (TPSA) is 153 Å². The van der Waals surface area contributed by atoms with E-state index in [-0.39, 0.29) is 48.4 Å². The van der Waals surface area contributed by atoms with Crippen molar-refractivity contribution in [2.24, 2.45) is 23.7 Å². The number of carbonyl (C=O) groups is 5. The number of nitrogens with zero attached hydrogens (tertiary/aromatic N) is 3. The highest BCUT2D eigenvalue weighted by Gasteiger charge is 2.89. The fraction of sp³-hybridized carbons (Fsp3) is 0.542. The van der Waals surface area contributed by atoms with E-state index in [1.807, 2.05) is 70.0 Å². The van der Waals surface area contributed by atoms with Gasteiger partial charge in [-0.25, -0.2) is 4.79 Å². The molecule has 14 heteroatoms. The summed E-state index contributed by atoms with van der Waals surface area (Å²) in [5.41, 5.74) is 1.20. The van der Waals surface area contributed by atoms with E-state index in [2.05, 4.69) is 54.1 Å². The normalized spacial score (nSPS) is 31.6. The first-order chi connectivity index (χ1) is 34.7. The minimum Gasteiger partial charge on any atom is -0.482 e. The number of ketones is 2. The summed E-state index contributed by atoms with van der Waals surface area (Å²) in [6.45, 7) is 19.7. The lowest BCUT2D eigenvalue weighted by molar-refractivity contribution is -0.245. The fourth-order valence-electron chi connectivity index (χ4n) is 14.6. The summed E-state index contributed by atoms with van der Waals surface area (Å²) in [6.07, 6.45) is 12.2. The molecule has 0 aromatic heterocycles. The molecule has 1 amide bonds. The largest absolute Gasteiger partial charge is 0.482 e. The van der Waals surface area contributed by atoms with Crippen molar-refractivity contribution in [3.8, 4) is 17.2 Å². The van der Waals surface area contributed by atoms with Gasteiger partial charge in [0.2, 0.25) is 5.91 Å². The molecule has 1 N–H and O–H groups in total. The summed E-state index contributed by atoms with van der Waals surface area (Å²) in [4.78, 5) is 79.4. The molecule has 2 aromatic carbocycles. The van der Waals surface area contributed by atoms with Crippen LogP contribution in [0.3, 0.4) is 0 Å². The third-order valence-corrected chi connectivity index (χ3v) is 17.8. The van der Waals surface area contributed by atoms with Crippen LogP contribution in [0, 0.1) is 23.7 Å². The maximum atomic E-state index is 16.2. The van der Waals surface area contributed by atoms with E-state index in [0.29, 0.717) is 84.8 Å². The highest BCUT2D eigenvalue weighted by molar-refractivity contribution is 6.22. The van der Waals surface area contributed by atoms with Gasteiger partial charge in [-0.15, -0.1) is 0 Å². The third-order valence-electron chi connectivity index (χ3n) is 17.8. The molecule has 4 bridgehead atoms. The molecule has 73 heavy (non-hydrogen) atoms. The number of amides is 1. The SMILES string of the molecule is COC(=O)/C(C)=C\CC12OC(C)(C)C3CC(C1=O)C1C4=C(c5ccccc5C4=O)N4CCNC45c4c(OC(=O)CCC(=O)N6CCN(C)CC6)c6c(c(CC=C(C)C)c4OC32C15)OC(C)(CCC=C(C)C)C=C6. The van der Waals surface area contributed by atoms with Crippen LogP contribution in [0.15, 0.2) is 70.9 Å². The quantitative estimate of drug-likeness (QED) is 0.0951. The number of allylic oxidation sites excluding steroid dienone is 5. The van der Waals surface area contributed by atoms with Gasteiger partial charge < -0.3 is 38.4 Å². The van der Waals surface area contributed by atoms with Gasteiger partial charge in [0.15, 0.2) is 28.5 Å². The Morgan fingerprint density at radius 3 is 2.33 bits per heavy atom. The number of ether oxygens (including phenoxy) is 5. The van der Waals surface area contributed by atoms with Crippen LogP contribution < -0.4 is 19.5 Å². The number of hydrogen-bond donors (Lipinski definition) is 1. The number of likely N-dealkylation sites (N-methyl/N-ethyl adjacent to an activating group) is 1. The lowest BCUT2D eigenvalue weighted by Gasteiger charge is -2.70. The molecule has 3 saturated carbocycles. The lowest BCUT2D eigenvalue weighted by atomic mass is 9.39. The van der Waals surface area contributed by atoms with Crippen LogP contribution in [-0.4, -0.2) is 120 Å². The highest BCUT2D eigenvalue weighted by Crippen LogP contribution is 2.78. The van der Waals surface area contributed by atoms with E-state index in [1.54, 1.807) is 13.0 Å². The van der Waals surface area contributed by atoms with Crippen LogP contribution in [0.25, 0.3) is 11.8 Å². The Morgan fingerprint density at radius 1 is 0.890 bits per heavy atom. The van der Waals surface area contributed by atoms with Crippen molar-refractivity contribution in [3.05, 3.63) is 98.7 Å². The van der Waals surface area contributed by atoms with Crippen LogP contribution in [0.4, 0.5) is 0 Å². The van der Waals surface area contributed by atoms with Crippen molar-refractivity contribution in [2.45, 2.75) is 128 Å². The fourth-order valence-corrected chi connectivity index (χ4v) is 14.6. The van der Waals surface area contributed by atoms with E-state index in [0.717, 1.165) is 41.9 Å². The Labute approximate surface area is 428 Å². The lowest BCUT2D eigenvalue weighted by Crippen LogP contribution is -2.84. The molecule has 8 unspecified atom stereocenters. The van der Waals surface area contributed by atoms with E-state index >= 15 is 9.59 Å². The van der Waals surface area contributed by atoms with Crippen molar-refractivity contribution in [1.29, 1.82) is 0 Å². The average molecular weight is 995 g/mol. The molecule has 8 atom stereocenters. The van der Waals surface area contributed by atoms with Gasteiger partial charge >= 0.3 is 11.9 Å². The molecule has 10 aliphatic rings. The van der Waals surface area contributed by atoms with Crippen molar-refractivity contribution in [2.75, 3.05) is 53.4 Å². The Kier molecular flexibility index (Phi) is 11.8. The van der Waals surface area contributed by atoms with Gasteiger partial charge in [0.25, 0.3) is 0 Å².